The van der Waals surface area contributed by atoms with Gasteiger partial charge in [0.2, 0.25) is 0 Å². The zero-order chi connectivity index (χ0) is 20.7. The van der Waals surface area contributed by atoms with Crippen LogP contribution < -0.4 is 10.2 Å². The molecule has 0 saturated heterocycles. The van der Waals surface area contributed by atoms with Gasteiger partial charge in [0.1, 0.15) is 0 Å². The van der Waals surface area contributed by atoms with Crippen molar-refractivity contribution >= 4 is 40.7 Å². The number of anilines is 2. The van der Waals surface area contributed by atoms with Gasteiger partial charge in [-0.25, -0.2) is 4.90 Å². The Morgan fingerprint density at radius 1 is 0.862 bits per heavy atom. The van der Waals surface area contributed by atoms with E-state index in [1.165, 1.54) is 17.0 Å². The summed E-state index contributed by atoms with van der Waals surface area (Å²) < 4.78 is 0. The average molecular weight is 405 g/mol. The van der Waals surface area contributed by atoms with Gasteiger partial charge in [-0.1, -0.05) is 23.7 Å². The lowest BCUT2D eigenvalue weighted by atomic mass is 10.1. The second-order valence-corrected chi connectivity index (χ2v) is 7.39. The van der Waals surface area contributed by atoms with Crippen molar-refractivity contribution in [2.45, 2.75) is 13.8 Å². The molecule has 1 N–H and O–H groups in total. The van der Waals surface area contributed by atoms with Gasteiger partial charge < -0.3 is 5.32 Å². The van der Waals surface area contributed by atoms with Crippen LogP contribution in [0.1, 0.15) is 42.2 Å². The van der Waals surface area contributed by atoms with Gasteiger partial charge in [-0.15, -0.1) is 0 Å². The van der Waals surface area contributed by atoms with Crippen molar-refractivity contribution in [2.24, 2.45) is 0 Å². The molecular weight excluding hydrogens is 388 g/mol. The fourth-order valence-electron chi connectivity index (χ4n) is 3.30. The number of nitrogens with one attached hydrogen (secondary N) is 1. The van der Waals surface area contributed by atoms with Gasteiger partial charge in [-0.05, 0) is 73.5 Å². The number of amides is 3. The second-order valence-electron chi connectivity index (χ2n) is 6.96. The van der Waals surface area contributed by atoms with Crippen molar-refractivity contribution in [2.75, 3.05) is 10.2 Å². The molecule has 144 valence electrons. The summed E-state index contributed by atoms with van der Waals surface area (Å²) in [7, 11) is 0. The smallest absolute Gasteiger partial charge is 0.266 e. The van der Waals surface area contributed by atoms with E-state index in [1.54, 1.807) is 30.3 Å². The number of hydrogen-bond acceptors (Lipinski definition) is 3. The first-order chi connectivity index (χ1) is 13.8. The highest BCUT2D eigenvalue weighted by Gasteiger charge is 2.37. The zero-order valence-electron chi connectivity index (χ0n) is 15.8. The minimum Gasteiger partial charge on any atom is -0.322 e. The van der Waals surface area contributed by atoms with Crippen LogP contribution in [0.2, 0.25) is 5.02 Å². The van der Waals surface area contributed by atoms with E-state index in [-0.39, 0.29) is 17.4 Å². The number of carbonyl (C=O) groups is 3. The standard InChI is InChI=1S/C23H17ClN2O3/c1-13-3-4-14(2)20(11-13)26-22(28)18-10-5-15(12-19(18)23(26)29)21(27)25-17-8-6-16(24)7-9-17/h3-12H,1-2H3,(H,25,27). The molecule has 0 unspecified atom stereocenters. The summed E-state index contributed by atoms with van der Waals surface area (Å²) in [5, 5.41) is 3.32. The number of rotatable bonds is 3. The van der Waals surface area contributed by atoms with Crippen LogP contribution in [0.15, 0.2) is 60.7 Å². The highest BCUT2D eigenvalue weighted by molar-refractivity contribution is 6.35. The molecule has 5 nitrogen and oxygen atoms in total. The third-order valence-corrected chi connectivity index (χ3v) is 5.11. The van der Waals surface area contributed by atoms with Crippen molar-refractivity contribution in [1.29, 1.82) is 0 Å². The van der Waals surface area contributed by atoms with E-state index < -0.39 is 5.91 Å². The van der Waals surface area contributed by atoms with Crippen LogP contribution in [-0.2, 0) is 0 Å². The summed E-state index contributed by atoms with van der Waals surface area (Å²) in [6.07, 6.45) is 0. The lowest BCUT2D eigenvalue weighted by Crippen LogP contribution is -2.30. The molecule has 0 radical (unpaired) electrons. The van der Waals surface area contributed by atoms with Crippen LogP contribution >= 0.6 is 11.6 Å². The summed E-state index contributed by atoms with van der Waals surface area (Å²) in [4.78, 5) is 39.6. The fourth-order valence-corrected chi connectivity index (χ4v) is 3.42. The topological polar surface area (TPSA) is 66.5 Å². The Morgan fingerprint density at radius 2 is 1.55 bits per heavy atom. The first kappa shape index (κ1) is 18.9. The number of nitrogens with zero attached hydrogens (tertiary/aromatic N) is 1. The monoisotopic (exact) mass is 404 g/mol. The first-order valence-electron chi connectivity index (χ1n) is 9.02. The van der Waals surface area contributed by atoms with E-state index in [2.05, 4.69) is 5.32 Å². The molecule has 0 bridgehead atoms. The molecule has 0 atom stereocenters. The lowest BCUT2D eigenvalue weighted by Gasteiger charge is -2.17. The van der Waals surface area contributed by atoms with Gasteiger partial charge in [-0.2, -0.15) is 0 Å². The molecule has 0 fully saturated rings. The number of fused-ring (bicyclic) bond motifs is 1. The second kappa shape index (κ2) is 7.18. The molecule has 0 saturated carbocycles. The molecule has 3 aromatic carbocycles. The van der Waals surface area contributed by atoms with Crippen molar-refractivity contribution in [3.05, 3.63) is 93.5 Å². The maximum absolute atomic E-state index is 13.0. The maximum atomic E-state index is 13.0. The number of benzene rings is 3. The largest absolute Gasteiger partial charge is 0.322 e. The Labute approximate surface area is 172 Å². The third kappa shape index (κ3) is 3.41. The Hall–Kier alpha value is -3.44. The van der Waals surface area contributed by atoms with Crippen molar-refractivity contribution in [1.82, 2.24) is 0 Å². The summed E-state index contributed by atoms with van der Waals surface area (Å²) in [5.41, 5.74) is 3.72. The van der Waals surface area contributed by atoms with Crippen LogP contribution in [0.3, 0.4) is 0 Å². The van der Waals surface area contributed by atoms with Crippen LogP contribution in [0, 0.1) is 13.8 Å². The highest BCUT2D eigenvalue weighted by atomic mass is 35.5. The average Bonchev–Trinajstić information content (AvgIpc) is 2.95. The van der Waals surface area contributed by atoms with Crippen LogP contribution in [0.4, 0.5) is 11.4 Å². The molecule has 1 aliphatic heterocycles. The van der Waals surface area contributed by atoms with E-state index in [4.69, 9.17) is 11.6 Å². The van der Waals surface area contributed by atoms with E-state index in [0.29, 0.717) is 27.5 Å². The normalized spacial score (nSPS) is 12.9. The molecule has 6 heteroatoms. The Kier molecular flexibility index (Phi) is 4.68. The van der Waals surface area contributed by atoms with Crippen LogP contribution in [0.25, 0.3) is 0 Å². The molecule has 1 aliphatic rings. The Bertz CT molecular complexity index is 1170. The number of aryl methyl sites for hydroxylation is 2. The van der Waals surface area contributed by atoms with Gasteiger partial charge in [0, 0.05) is 16.3 Å². The summed E-state index contributed by atoms with van der Waals surface area (Å²) in [6.45, 7) is 3.75. The van der Waals surface area contributed by atoms with Crippen molar-refractivity contribution in [3.63, 3.8) is 0 Å². The minimum absolute atomic E-state index is 0.222. The SMILES string of the molecule is Cc1ccc(C)c(N2C(=O)c3ccc(C(=O)Nc4ccc(Cl)cc4)cc3C2=O)c1. The Morgan fingerprint density at radius 3 is 2.28 bits per heavy atom. The maximum Gasteiger partial charge on any atom is 0.266 e. The summed E-state index contributed by atoms with van der Waals surface area (Å²) >= 11 is 5.86. The van der Waals surface area contributed by atoms with Gasteiger partial charge in [0.15, 0.2) is 0 Å². The lowest BCUT2D eigenvalue weighted by molar-refractivity contribution is 0.0925. The van der Waals surface area contributed by atoms with E-state index >= 15 is 0 Å². The molecule has 4 rings (SSSR count). The molecule has 0 spiro atoms. The highest BCUT2D eigenvalue weighted by Crippen LogP contribution is 2.32. The molecule has 1 heterocycles. The van der Waals surface area contributed by atoms with Gasteiger partial charge >= 0.3 is 0 Å². The molecule has 0 aromatic heterocycles. The number of halogens is 1. The van der Waals surface area contributed by atoms with Crippen LogP contribution in [-0.4, -0.2) is 17.7 Å². The molecule has 0 aliphatic carbocycles. The van der Waals surface area contributed by atoms with E-state index in [9.17, 15) is 14.4 Å². The van der Waals surface area contributed by atoms with Crippen molar-refractivity contribution < 1.29 is 14.4 Å². The minimum atomic E-state index is -0.431. The third-order valence-electron chi connectivity index (χ3n) is 4.86. The summed E-state index contributed by atoms with van der Waals surface area (Å²) in [5.74, 6) is -1.19. The van der Waals surface area contributed by atoms with Gasteiger partial charge in [0.05, 0.1) is 16.8 Å². The van der Waals surface area contributed by atoms with Gasteiger partial charge in [-0.3, -0.25) is 14.4 Å². The summed E-state index contributed by atoms with van der Waals surface area (Å²) in [6, 6.07) is 16.9. The van der Waals surface area contributed by atoms with Crippen LogP contribution in [0.5, 0.6) is 0 Å². The fraction of sp³-hybridized carbons (Fsp3) is 0.0870. The molecular formula is C23H17ClN2O3. The molecule has 3 aromatic rings. The van der Waals surface area contributed by atoms with E-state index in [0.717, 1.165) is 11.1 Å². The zero-order valence-corrected chi connectivity index (χ0v) is 16.6. The molecule has 29 heavy (non-hydrogen) atoms. The number of hydrogen-bond donors (Lipinski definition) is 1. The number of carbonyl (C=O) groups excluding carboxylic acids is 3. The number of imide groups is 1. The van der Waals surface area contributed by atoms with Crippen molar-refractivity contribution in [3.8, 4) is 0 Å². The Balaban J connectivity index is 1.65. The predicted molar refractivity (Wildman–Crippen MR) is 113 cm³/mol. The van der Waals surface area contributed by atoms with Gasteiger partial charge in [0.25, 0.3) is 17.7 Å². The van der Waals surface area contributed by atoms with E-state index in [1.807, 2.05) is 32.0 Å². The molecule has 3 amide bonds. The quantitative estimate of drug-likeness (QED) is 0.624. The first-order valence-corrected chi connectivity index (χ1v) is 9.40. The predicted octanol–water partition coefficient (Wildman–Crippen LogP) is 5.01.